The fourth-order valence-electron chi connectivity index (χ4n) is 1.73. The van der Waals surface area contributed by atoms with Gasteiger partial charge in [0.25, 0.3) is 0 Å². The predicted molar refractivity (Wildman–Crippen MR) is 73.8 cm³/mol. The van der Waals surface area contributed by atoms with Gasteiger partial charge in [0.05, 0.1) is 0 Å². The molecule has 0 N–H and O–H groups in total. The molecule has 0 radical (unpaired) electrons. The largest absolute Gasteiger partial charge is 0.359 e. The van der Waals surface area contributed by atoms with E-state index in [4.69, 9.17) is 11.6 Å². The van der Waals surface area contributed by atoms with Crippen molar-refractivity contribution in [2.24, 2.45) is 5.92 Å². The first-order valence-corrected chi connectivity index (χ1v) is 6.64. The molecule has 0 spiro atoms. The van der Waals surface area contributed by atoms with Crippen molar-refractivity contribution in [2.45, 2.75) is 40.0 Å². The SMILES string of the molecule is CCCc1c(Cl)ncnc1N(C)CCC(C)C. The summed E-state index contributed by atoms with van der Waals surface area (Å²) in [6, 6.07) is 0. The topological polar surface area (TPSA) is 29.0 Å². The van der Waals surface area contributed by atoms with Gasteiger partial charge in [-0.05, 0) is 18.8 Å². The van der Waals surface area contributed by atoms with Gasteiger partial charge in [-0.15, -0.1) is 0 Å². The van der Waals surface area contributed by atoms with Crippen LogP contribution in [0.1, 0.15) is 39.2 Å². The van der Waals surface area contributed by atoms with E-state index in [0.29, 0.717) is 11.1 Å². The zero-order valence-electron chi connectivity index (χ0n) is 11.2. The van der Waals surface area contributed by atoms with Gasteiger partial charge in [-0.25, -0.2) is 9.97 Å². The van der Waals surface area contributed by atoms with Crippen LogP contribution in [0.25, 0.3) is 0 Å². The molecule has 96 valence electrons. The number of aromatic nitrogens is 2. The number of anilines is 1. The van der Waals surface area contributed by atoms with Crippen molar-refractivity contribution in [3.63, 3.8) is 0 Å². The summed E-state index contributed by atoms with van der Waals surface area (Å²) < 4.78 is 0. The Bertz CT molecular complexity index is 353. The summed E-state index contributed by atoms with van der Waals surface area (Å²) >= 11 is 6.14. The minimum absolute atomic E-state index is 0.591. The minimum Gasteiger partial charge on any atom is -0.359 e. The number of nitrogens with zero attached hydrogens (tertiary/aromatic N) is 3. The average Bonchev–Trinajstić information content (AvgIpc) is 2.29. The third-order valence-electron chi connectivity index (χ3n) is 2.77. The Balaban J connectivity index is 2.84. The number of hydrogen-bond acceptors (Lipinski definition) is 3. The Kier molecular flexibility index (Phi) is 5.69. The summed E-state index contributed by atoms with van der Waals surface area (Å²) in [5.74, 6) is 1.68. The molecule has 0 saturated heterocycles. The maximum atomic E-state index is 6.14. The van der Waals surface area contributed by atoms with Crippen LogP contribution in [-0.4, -0.2) is 23.6 Å². The van der Waals surface area contributed by atoms with E-state index >= 15 is 0 Å². The average molecular weight is 256 g/mol. The Labute approximate surface area is 109 Å². The molecule has 1 aromatic rings. The van der Waals surface area contributed by atoms with E-state index in [1.54, 1.807) is 6.33 Å². The maximum absolute atomic E-state index is 6.14. The van der Waals surface area contributed by atoms with Gasteiger partial charge in [-0.2, -0.15) is 0 Å². The van der Waals surface area contributed by atoms with Gasteiger partial charge in [0, 0.05) is 19.2 Å². The molecule has 0 amide bonds. The van der Waals surface area contributed by atoms with Crippen LogP contribution in [0.3, 0.4) is 0 Å². The molecule has 0 saturated carbocycles. The van der Waals surface area contributed by atoms with Crippen LogP contribution in [0.5, 0.6) is 0 Å². The van der Waals surface area contributed by atoms with Crippen molar-refractivity contribution < 1.29 is 0 Å². The van der Waals surface area contributed by atoms with Crippen molar-refractivity contribution in [3.05, 3.63) is 17.0 Å². The third-order valence-corrected chi connectivity index (χ3v) is 3.10. The minimum atomic E-state index is 0.591. The van der Waals surface area contributed by atoms with Gasteiger partial charge < -0.3 is 4.90 Å². The lowest BCUT2D eigenvalue weighted by Gasteiger charge is -2.22. The molecular weight excluding hydrogens is 234 g/mol. The van der Waals surface area contributed by atoms with Crippen LogP contribution in [0.2, 0.25) is 5.15 Å². The van der Waals surface area contributed by atoms with Crippen molar-refractivity contribution in [1.29, 1.82) is 0 Å². The van der Waals surface area contributed by atoms with Gasteiger partial charge in [-0.3, -0.25) is 0 Å². The zero-order valence-corrected chi connectivity index (χ0v) is 12.0. The van der Waals surface area contributed by atoms with Crippen molar-refractivity contribution in [3.8, 4) is 0 Å². The van der Waals surface area contributed by atoms with Crippen LogP contribution in [0.15, 0.2) is 6.33 Å². The van der Waals surface area contributed by atoms with E-state index in [0.717, 1.165) is 37.2 Å². The Morgan fingerprint density at radius 3 is 2.65 bits per heavy atom. The highest BCUT2D eigenvalue weighted by Crippen LogP contribution is 2.24. The summed E-state index contributed by atoms with van der Waals surface area (Å²) in [5.41, 5.74) is 1.07. The highest BCUT2D eigenvalue weighted by Gasteiger charge is 2.13. The van der Waals surface area contributed by atoms with Gasteiger partial charge in [0.1, 0.15) is 17.3 Å². The van der Waals surface area contributed by atoms with Crippen LogP contribution in [0.4, 0.5) is 5.82 Å². The molecule has 1 rings (SSSR count). The molecule has 17 heavy (non-hydrogen) atoms. The van der Waals surface area contributed by atoms with Gasteiger partial charge in [-0.1, -0.05) is 38.8 Å². The molecule has 0 aromatic carbocycles. The second kappa shape index (κ2) is 6.80. The standard InChI is InChI=1S/C13H22ClN3/c1-5-6-11-12(14)15-9-16-13(11)17(4)8-7-10(2)3/h9-10H,5-8H2,1-4H3. The summed E-state index contributed by atoms with van der Waals surface area (Å²) in [5, 5.41) is 0.591. The fourth-order valence-corrected chi connectivity index (χ4v) is 1.96. The Morgan fingerprint density at radius 1 is 1.35 bits per heavy atom. The molecule has 0 aliphatic heterocycles. The monoisotopic (exact) mass is 255 g/mol. The lowest BCUT2D eigenvalue weighted by molar-refractivity contribution is 0.582. The summed E-state index contributed by atoms with van der Waals surface area (Å²) in [6.07, 6.45) is 4.69. The number of rotatable bonds is 6. The first-order chi connectivity index (χ1) is 8.06. The van der Waals surface area contributed by atoms with Crippen LogP contribution in [-0.2, 0) is 6.42 Å². The van der Waals surface area contributed by atoms with E-state index in [-0.39, 0.29) is 0 Å². The van der Waals surface area contributed by atoms with Crippen molar-refractivity contribution >= 4 is 17.4 Å². The number of halogens is 1. The highest BCUT2D eigenvalue weighted by molar-refractivity contribution is 6.30. The molecule has 0 atom stereocenters. The van der Waals surface area contributed by atoms with Crippen LogP contribution < -0.4 is 4.90 Å². The third kappa shape index (κ3) is 4.15. The lowest BCUT2D eigenvalue weighted by Crippen LogP contribution is -2.22. The fraction of sp³-hybridized carbons (Fsp3) is 0.692. The molecule has 1 aromatic heterocycles. The molecular formula is C13H22ClN3. The molecule has 3 nitrogen and oxygen atoms in total. The Hall–Kier alpha value is -0.830. The maximum Gasteiger partial charge on any atom is 0.137 e. The first kappa shape index (κ1) is 14.2. The van der Waals surface area contributed by atoms with Gasteiger partial charge >= 0.3 is 0 Å². The van der Waals surface area contributed by atoms with Gasteiger partial charge in [0.15, 0.2) is 0 Å². The second-order valence-electron chi connectivity index (χ2n) is 4.82. The van der Waals surface area contributed by atoms with E-state index in [9.17, 15) is 0 Å². The van der Waals surface area contributed by atoms with Crippen LogP contribution >= 0.6 is 11.6 Å². The highest BCUT2D eigenvalue weighted by atomic mass is 35.5. The summed E-state index contributed by atoms with van der Waals surface area (Å²) in [4.78, 5) is 10.6. The molecule has 0 fully saturated rings. The normalized spacial score (nSPS) is 10.9. The molecule has 0 bridgehead atoms. The zero-order chi connectivity index (χ0) is 12.8. The van der Waals surface area contributed by atoms with E-state index in [1.165, 1.54) is 0 Å². The molecule has 1 heterocycles. The first-order valence-electron chi connectivity index (χ1n) is 6.26. The quantitative estimate of drug-likeness (QED) is 0.728. The van der Waals surface area contributed by atoms with Gasteiger partial charge in [0.2, 0.25) is 0 Å². The Morgan fingerprint density at radius 2 is 2.06 bits per heavy atom. The van der Waals surface area contributed by atoms with E-state index in [2.05, 4.69) is 42.7 Å². The summed E-state index contributed by atoms with van der Waals surface area (Å²) in [7, 11) is 2.07. The molecule has 0 aliphatic rings. The van der Waals surface area contributed by atoms with Crippen molar-refractivity contribution in [1.82, 2.24) is 9.97 Å². The summed E-state index contributed by atoms with van der Waals surface area (Å²) in [6.45, 7) is 7.60. The molecule has 4 heteroatoms. The van der Waals surface area contributed by atoms with Crippen LogP contribution in [0, 0.1) is 5.92 Å². The smallest absolute Gasteiger partial charge is 0.137 e. The molecule has 0 aliphatic carbocycles. The lowest BCUT2D eigenvalue weighted by atomic mass is 10.1. The predicted octanol–water partition coefficient (Wildman–Crippen LogP) is 3.56. The van der Waals surface area contributed by atoms with E-state index in [1.807, 2.05) is 0 Å². The number of hydrogen-bond donors (Lipinski definition) is 0. The second-order valence-corrected chi connectivity index (χ2v) is 5.18. The van der Waals surface area contributed by atoms with E-state index < -0.39 is 0 Å². The van der Waals surface area contributed by atoms with Crippen molar-refractivity contribution in [2.75, 3.05) is 18.5 Å². The molecule has 0 unspecified atom stereocenters.